The van der Waals surface area contributed by atoms with E-state index in [9.17, 15) is 4.79 Å². The number of hydrogen-bond donors (Lipinski definition) is 0. The molecule has 1 saturated heterocycles. The van der Waals surface area contributed by atoms with Crippen LogP contribution in [0.25, 0.3) is 11.4 Å². The smallest absolute Gasteiger partial charge is 0.254 e. The normalized spacial score (nSPS) is 16.8. The van der Waals surface area contributed by atoms with E-state index >= 15 is 0 Å². The summed E-state index contributed by atoms with van der Waals surface area (Å²) in [5, 5.41) is 4.11. The second-order valence-corrected chi connectivity index (χ2v) is 7.40. The second-order valence-electron chi connectivity index (χ2n) is 6.49. The maximum absolute atomic E-state index is 12.9. The van der Waals surface area contributed by atoms with Gasteiger partial charge in [0.1, 0.15) is 6.04 Å². The van der Waals surface area contributed by atoms with E-state index in [0.29, 0.717) is 23.8 Å². The molecule has 0 bridgehead atoms. The Kier molecular flexibility index (Phi) is 4.59. The molecule has 2 heterocycles. The Morgan fingerprint density at radius 2 is 1.88 bits per heavy atom. The zero-order valence-corrected chi connectivity index (χ0v) is 15.9. The van der Waals surface area contributed by atoms with E-state index in [2.05, 4.69) is 26.1 Å². The van der Waals surface area contributed by atoms with Gasteiger partial charge in [0.25, 0.3) is 5.91 Å². The van der Waals surface area contributed by atoms with E-state index in [0.717, 1.165) is 22.9 Å². The summed E-state index contributed by atoms with van der Waals surface area (Å²) in [6.07, 6.45) is 1.76. The summed E-state index contributed by atoms with van der Waals surface area (Å²) in [6, 6.07) is 15.2. The second kappa shape index (κ2) is 7.03. The molecule has 4 rings (SSSR count). The topological polar surface area (TPSA) is 59.2 Å². The number of halogens is 1. The molecule has 1 amide bonds. The van der Waals surface area contributed by atoms with Gasteiger partial charge in [-0.15, -0.1) is 0 Å². The highest BCUT2D eigenvalue weighted by molar-refractivity contribution is 9.10. The first-order chi connectivity index (χ1) is 12.6. The molecule has 1 aromatic heterocycles. The van der Waals surface area contributed by atoms with Crippen LogP contribution in [0.2, 0.25) is 0 Å². The molecule has 6 heteroatoms. The molecule has 0 radical (unpaired) electrons. The van der Waals surface area contributed by atoms with E-state index < -0.39 is 0 Å². The fourth-order valence-electron chi connectivity index (χ4n) is 3.22. The minimum Gasteiger partial charge on any atom is -0.337 e. The molecule has 1 fully saturated rings. The maximum atomic E-state index is 12.9. The highest BCUT2D eigenvalue weighted by Crippen LogP contribution is 2.33. The quantitative estimate of drug-likeness (QED) is 0.621. The number of rotatable bonds is 3. The minimum absolute atomic E-state index is 0.00455. The lowest BCUT2D eigenvalue weighted by molar-refractivity contribution is 0.0710. The van der Waals surface area contributed by atoms with Crippen molar-refractivity contribution in [3.05, 3.63) is 70.0 Å². The van der Waals surface area contributed by atoms with Crippen LogP contribution in [0.1, 0.15) is 40.7 Å². The first-order valence-electron chi connectivity index (χ1n) is 8.59. The average molecular weight is 412 g/mol. The van der Waals surface area contributed by atoms with Crippen molar-refractivity contribution < 1.29 is 9.32 Å². The molecule has 0 N–H and O–H groups in total. The summed E-state index contributed by atoms with van der Waals surface area (Å²) in [5.41, 5.74) is 2.76. The number of carbonyl (C=O) groups is 1. The molecule has 2 aromatic carbocycles. The van der Waals surface area contributed by atoms with Gasteiger partial charge < -0.3 is 9.42 Å². The largest absolute Gasteiger partial charge is 0.337 e. The SMILES string of the molecule is Cc1ccc(-c2noc(C3CCCN3C(=O)c3ccc(Br)cc3)n2)cc1. The zero-order chi connectivity index (χ0) is 18.1. The number of nitrogens with zero attached hydrogens (tertiary/aromatic N) is 3. The van der Waals surface area contributed by atoms with Gasteiger partial charge in [0, 0.05) is 22.1 Å². The van der Waals surface area contributed by atoms with Crippen molar-refractivity contribution in [1.82, 2.24) is 15.0 Å². The lowest BCUT2D eigenvalue weighted by Gasteiger charge is -2.21. The first-order valence-corrected chi connectivity index (χ1v) is 9.38. The van der Waals surface area contributed by atoms with E-state index in [1.165, 1.54) is 5.56 Å². The first kappa shape index (κ1) is 17.0. The van der Waals surface area contributed by atoms with Crippen LogP contribution < -0.4 is 0 Å². The number of hydrogen-bond acceptors (Lipinski definition) is 4. The lowest BCUT2D eigenvalue weighted by Crippen LogP contribution is -2.30. The molecule has 26 heavy (non-hydrogen) atoms. The summed E-state index contributed by atoms with van der Waals surface area (Å²) in [4.78, 5) is 19.3. The Morgan fingerprint density at radius 3 is 2.62 bits per heavy atom. The van der Waals surface area contributed by atoms with Crippen molar-refractivity contribution in [3.8, 4) is 11.4 Å². The minimum atomic E-state index is -0.169. The van der Waals surface area contributed by atoms with Crippen molar-refractivity contribution in [3.63, 3.8) is 0 Å². The summed E-state index contributed by atoms with van der Waals surface area (Å²) >= 11 is 3.40. The third-order valence-corrected chi connectivity index (χ3v) is 5.17. The van der Waals surface area contributed by atoms with Crippen LogP contribution in [0, 0.1) is 6.92 Å². The predicted molar refractivity (Wildman–Crippen MR) is 102 cm³/mol. The summed E-state index contributed by atoms with van der Waals surface area (Å²) < 4.78 is 6.46. The number of carbonyl (C=O) groups excluding carboxylic acids is 1. The zero-order valence-electron chi connectivity index (χ0n) is 14.4. The molecule has 1 unspecified atom stereocenters. The van der Waals surface area contributed by atoms with Crippen molar-refractivity contribution in [1.29, 1.82) is 0 Å². The van der Waals surface area contributed by atoms with Gasteiger partial charge in [0.05, 0.1) is 0 Å². The molecule has 0 aliphatic carbocycles. The van der Waals surface area contributed by atoms with Gasteiger partial charge in [-0.05, 0) is 44.0 Å². The number of aryl methyl sites for hydroxylation is 1. The Labute approximate surface area is 160 Å². The molecule has 5 nitrogen and oxygen atoms in total. The van der Waals surface area contributed by atoms with Gasteiger partial charge in [-0.3, -0.25) is 4.79 Å². The van der Waals surface area contributed by atoms with Crippen LogP contribution in [0.15, 0.2) is 57.5 Å². The van der Waals surface area contributed by atoms with Crippen LogP contribution in [0.5, 0.6) is 0 Å². The maximum Gasteiger partial charge on any atom is 0.254 e. The van der Waals surface area contributed by atoms with Gasteiger partial charge in [-0.2, -0.15) is 4.98 Å². The van der Waals surface area contributed by atoms with Crippen molar-refractivity contribution in [2.75, 3.05) is 6.54 Å². The van der Waals surface area contributed by atoms with E-state index in [-0.39, 0.29) is 11.9 Å². The van der Waals surface area contributed by atoms with Crippen molar-refractivity contribution >= 4 is 21.8 Å². The molecule has 1 aliphatic rings. The molecule has 132 valence electrons. The molecule has 0 saturated carbocycles. The number of benzene rings is 2. The van der Waals surface area contributed by atoms with Gasteiger partial charge in [-0.25, -0.2) is 0 Å². The van der Waals surface area contributed by atoms with Gasteiger partial charge in [0.15, 0.2) is 0 Å². The van der Waals surface area contributed by atoms with Crippen LogP contribution in [0.4, 0.5) is 0 Å². The van der Waals surface area contributed by atoms with Gasteiger partial charge in [-0.1, -0.05) is 50.9 Å². The van der Waals surface area contributed by atoms with Gasteiger partial charge in [0.2, 0.25) is 11.7 Å². The fourth-order valence-corrected chi connectivity index (χ4v) is 3.48. The molecule has 3 aromatic rings. The Hall–Kier alpha value is -2.47. The third kappa shape index (κ3) is 3.29. The Balaban J connectivity index is 1.58. The van der Waals surface area contributed by atoms with E-state index in [1.807, 2.05) is 60.4 Å². The molecular formula is C20H18BrN3O2. The lowest BCUT2D eigenvalue weighted by atomic mass is 10.1. The third-order valence-electron chi connectivity index (χ3n) is 4.64. The van der Waals surface area contributed by atoms with Crippen LogP contribution in [-0.4, -0.2) is 27.5 Å². The summed E-state index contributed by atoms with van der Waals surface area (Å²) in [5.74, 6) is 1.06. The number of amides is 1. The summed E-state index contributed by atoms with van der Waals surface area (Å²) in [6.45, 7) is 2.73. The van der Waals surface area contributed by atoms with E-state index in [1.54, 1.807) is 0 Å². The van der Waals surface area contributed by atoms with Crippen LogP contribution >= 0.6 is 15.9 Å². The molecule has 1 atom stereocenters. The summed E-state index contributed by atoms with van der Waals surface area (Å²) in [7, 11) is 0. The molecular weight excluding hydrogens is 394 g/mol. The monoisotopic (exact) mass is 411 g/mol. The van der Waals surface area contributed by atoms with Crippen molar-refractivity contribution in [2.45, 2.75) is 25.8 Å². The van der Waals surface area contributed by atoms with Crippen molar-refractivity contribution in [2.24, 2.45) is 0 Å². The highest BCUT2D eigenvalue weighted by Gasteiger charge is 2.34. The molecule has 1 aliphatic heterocycles. The fraction of sp³-hybridized carbons (Fsp3) is 0.250. The number of aromatic nitrogens is 2. The average Bonchev–Trinajstić information content (AvgIpc) is 3.31. The van der Waals surface area contributed by atoms with Gasteiger partial charge >= 0.3 is 0 Å². The van der Waals surface area contributed by atoms with E-state index in [4.69, 9.17) is 4.52 Å². The predicted octanol–water partition coefficient (Wildman–Crippen LogP) is 4.78. The standard InChI is InChI=1S/C20H18BrN3O2/c1-13-4-6-14(7-5-13)18-22-19(26-23-18)17-3-2-12-24(17)20(25)15-8-10-16(21)11-9-15/h4-11,17H,2-3,12H2,1H3. The Bertz CT molecular complexity index is 919. The van der Waals surface area contributed by atoms with Crippen LogP contribution in [0.3, 0.4) is 0 Å². The number of likely N-dealkylation sites (tertiary alicyclic amines) is 1. The van der Waals surface area contributed by atoms with Crippen LogP contribution in [-0.2, 0) is 0 Å². The highest BCUT2D eigenvalue weighted by atomic mass is 79.9. The molecule has 0 spiro atoms. The Morgan fingerprint density at radius 1 is 1.15 bits per heavy atom.